The molecule has 0 bridgehead atoms. The summed E-state index contributed by atoms with van der Waals surface area (Å²) in [5.74, 6) is 1.36. The predicted molar refractivity (Wildman–Crippen MR) is 120 cm³/mol. The van der Waals surface area contributed by atoms with Gasteiger partial charge in [-0.3, -0.25) is 9.97 Å². The molecule has 0 atom stereocenters. The van der Waals surface area contributed by atoms with Gasteiger partial charge in [0.1, 0.15) is 11.5 Å². The van der Waals surface area contributed by atoms with Gasteiger partial charge in [-0.15, -0.1) is 37.2 Å². The van der Waals surface area contributed by atoms with E-state index in [4.69, 9.17) is 4.74 Å². The molecule has 7 nitrogen and oxygen atoms in total. The Morgan fingerprint density at radius 1 is 1.00 bits per heavy atom. The molecule has 3 aromatic rings. The monoisotopic (exact) mass is 444 g/mol. The lowest BCUT2D eigenvalue weighted by Gasteiger charge is -2.12. The molecule has 2 N–H and O–H groups in total. The fourth-order valence-electron chi connectivity index (χ4n) is 2.35. The lowest BCUT2D eigenvalue weighted by atomic mass is 10.2. The van der Waals surface area contributed by atoms with Crippen LogP contribution in [-0.4, -0.2) is 40.7 Å². The molecule has 0 saturated heterocycles. The SMILES string of the molecule is CNc1cnc(Nc2cncc(-c3ccccn3)n2)c(CCOC)c1.Cl.Cl.Cl. The largest absolute Gasteiger partial charge is 0.387 e. The molecule has 3 aromatic heterocycles. The Balaban J connectivity index is 0.00000243. The third-order valence-electron chi connectivity index (χ3n) is 3.64. The molecule has 3 heterocycles. The molecule has 0 amide bonds. The molecular weight excluding hydrogens is 423 g/mol. The van der Waals surface area contributed by atoms with Crippen molar-refractivity contribution < 1.29 is 4.74 Å². The summed E-state index contributed by atoms with van der Waals surface area (Å²) in [6.07, 6.45) is 7.61. The van der Waals surface area contributed by atoms with Crippen molar-refractivity contribution in [3.05, 3.63) is 54.6 Å². The van der Waals surface area contributed by atoms with Crippen LogP contribution < -0.4 is 10.6 Å². The number of halogens is 3. The highest BCUT2D eigenvalue weighted by molar-refractivity contribution is 5.86. The smallest absolute Gasteiger partial charge is 0.150 e. The Morgan fingerprint density at radius 2 is 1.82 bits per heavy atom. The van der Waals surface area contributed by atoms with Crippen molar-refractivity contribution in [2.24, 2.45) is 0 Å². The summed E-state index contributed by atoms with van der Waals surface area (Å²) in [6.45, 7) is 0.614. The van der Waals surface area contributed by atoms with E-state index in [2.05, 4.69) is 30.6 Å². The Labute approximate surface area is 183 Å². The summed E-state index contributed by atoms with van der Waals surface area (Å²) in [4.78, 5) is 17.6. The zero-order chi connectivity index (χ0) is 17.5. The Morgan fingerprint density at radius 3 is 2.50 bits per heavy atom. The van der Waals surface area contributed by atoms with Crippen molar-refractivity contribution in [1.82, 2.24) is 19.9 Å². The van der Waals surface area contributed by atoms with Crippen LogP contribution in [0.25, 0.3) is 11.4 Å². The number of ether oxygens (including phenoxy) is 1. The van der Waals surface area contributed by atoms with Crippen molar-refractivity contribution in [2.75, 3.05) is 31.4 Å². The average Bonchev–Trinajstić information content (AvgIpc) is 2.68. The van der Waals surface area contributed by atoms with E-state index in [0.29, 0.717) is 18.1 Å². The van der Waals surface area contributed by atoms with Crippen LogP contribution in [0.3, 0.4) is 0 Å². The molecular formula is C18H23Cl3N6O. The fourth-order valence-corrected chi connectivity index (χ4v) is 2.35. The van der Waals surface area contributed by atoms with Crippen LogP contribution in [-0.2, 0) is 11.2 Å². The first-order chi connectivity index (χ1) is 12.3. The first kappa shape index (κ1) is 25.8. The van der Waals surface area contributed by atoms with Gasteiger partial charge in [-0.2, -0.15) is 0 Å². The highest BCUT2D eigenvalue weighted by Crippen LogP contribution is 2.22. The molecule has 10 heteroatoms. The lowest BCUT2D eigenvalue weighted by Crippen LogP contribution is -2.05. The van der Waals surface area contributed by atoms with Crippen LogP contribution in [0.15, 0.2) is 49.1 Å². The zero-order valence-electron chi connectivity index (χ0n) is 15.5. The number of rotatable bonds is 7. The molecule has 0 spiro atoms. The number of pyridine rings is 2. The summed E-state index contributed by atoms with van der Waals surface area (Å²) in [6, 6.07) is 7.74. The highest BCUT2D eigenvalue weighted by Gasteiger charge is 2.09. The fraction of sp³-hybridized carbons (Fsp3) is 0.222. The summed E-state index contributed by atoms with van der Waals surface area (Å²) in [5, 5.41) is 6.35. The quantitative estimate of drug-likeness (QED) is 0.564. The number of hydrogen-bond donors (Lipinski definition) is 2. The third kappa shape index (κ3) is 6.76. The number of aromatic nitrogens is 4. The van der Waals surface area contributed by atoms with Crippen LogP contribution in [0.5, 0.6) is 0 Å². The third-order valence-corrected chi connectivity index (χ3v) is 3.64. The molecule has 0 aliphatic rings. The molecule has 152 valence electrons. The standard InChI is InChI=1S/C18H20N6O.3ClH/c1-19-14-9-13(6-8-25-2)18(22-10-14)24-17-12-20-11-16(23-17)15-5-3-4-7-21-15;;;/h3-5,7,9-12,19H,6,8H2,1-2H3,(H,22,23,24);3*1H. The maximum atomic E-state index is 5.19. The topological polar surface area (TPSA) is 84.9 Å². The van der Waals surface area contributed by atoms with Gasteiger partial charge in [0.05, 0.1) is 36.6 Å². The van der Waals surface area contributed by atoms with E-state index in [-0.39, 0.29) is 37.2 Å². The lowest BCUT2D eigenvalue weighted by molar-refractivity contribution is 0.202. The summed E-state index contributed by atoms with van der Waals surface area (Å²) >= 11 is 0. The minimum Gasteiger partial charge on any atom is -0.387 e. The van der Waals surface area contributed by atoms with Crippen LogP contribution in [0, 0.1) is 0 Å². The molecule has 0 aliphatic heterocycles. The summed E-state index contributed by atoms with van der Waals surface area (Å²) in [7, 11) is 3.55. The Kier molecular flexibility index (Phi) is 12.0. The molecule has 0 radical (unpaired) electrons. The van der Waals surface area contributed by atoms with Crippen LogP contribution in [0.4, 0.5) is 17.3 Å². The van der Waals surface area contributed by atoms with Gasteiger partial charge in [-0.1, -0.05) is 6.07 Å². The second-order valence-electron chi connectivity index (χ2n) is 5.35. The summed E-state index contributed by atoms with van der Waals surface area (Å²) in [5.41, 5.74) is 3.47. The van der Waals surface area contributed by atoms with Gasteiger partial charge in [0.15, 0.2) is 5.82 Å². The van der Waals surface area contributed by atoms with Crippen molar-refractivity contribution in [3.63, 3.8) is 0 Å². The van der Waals surface area contributed by atoms with Gasteiger partial charge in [-0.05, 0) is 30.2 Å². The predicted octanol–water partition coefficient (Wildman–Crippen LogP) is 4.17. The second-order valence-corrected chi connectivity index (χ2v) is 5.35. The number of hydrogen-bond acceptors (Lipinski definition) is 7. The van der Waals surface area contributed by atoms with Gasteiger partial charge in [-0.25, -0.2) is 9.97 Å². The van der Waals surface area contributed by atoms with E-state index in [1.807, 2.05) is 31.3 Å². The molecule has 3 rings (SSSR count). The van der Waals surface area contributed by atoms with E-state index < -0.39 is 0 Å². The number of methoxy groups -OCH3 is 1. The minimum absolute atomic E-state index is 0. The minimum atomic E-state index is 0. The number of anilines is 3. The molecule has 0 aliphatic carbocycles. The van der Waals surface area contributed by atoms with Crippen molar-refractivity contribution in [3.8, 4) is 11.4 Å². The maximum absolute atomic E-state index is 5.19. The van der Waals surface area contributed by atoms with E-state index in [1.54, 1.807) is 31.9 Å². The van der Waals surface area contributed by atoms with Gasteiger partial charge >= 0.3 is 0 Å². The van der Waals surface area contributed by atoms with Gasteiger partial charge < -0.3 is 15.4 Å². The molecule has 0 aromatic carbocycles. The van der Waals surface area contributed by atoms with E-state index in [0.717, 1.165) is 29.2 Å². The average molecular weight is 446 g/mol. The Bertz CT molecular complexity index is 839. The van der Waals surface area contributed by atoms with E-state index >= 15 is 0 Å². The van der Waals surface area contributed by atoms with E-state index in [9.17, 15) is 0 Å². The maximum Gasteiger partial charge on any atom is 0.150 e. The van der Waals surface area contributed by atoms with Gasteiger partial charge in [0.2, 0.25) is 0 Å². The summed E-state index contributed by atoms with van der Waals surface area (Å²) < 4.78 is 5.19. The molecule has 0 saturated carbocycles. The van der Waals surface area contributed by atoms with Gasteiger partial charge in [0, 0.05) is 20.4 Å². The first-order valence-electron chi connectivity index (χ1n) is 7.96. The molecule has 0 unspecified atom stereocenters. The zero-order valence-corrected chi connectivity index (χ0v) is 17.9. The molecule has 0 fully saturated rings. The van der Waals surface area contributed by atoms with Gasteiger partial charge in [0.25, 0.3) is 0 Å². The number of nitrogens with one attached hydrogen (secondary N) is 2. The van der Waals surface area contributed by atoms with Crippen LogP contribution in [0.2, 0.25) is 0 Å². The number of nitrogens with zero attached hydrogens (tertiary/aromatic N) is 4. The van der Waals surface area contributed by atoms with Crippen LogP contribution >= 0.6 is 37.2 Å². The normalized spacial score (nSPS) is 9.36. The molecule has 28 heavy (non-hydrogen) atoms. The van der Waals surface area contributed by atoms with Crippen LogP contribution in [0.1, 0.15) is 5.56 Å². The highest BCUT2D eigenvalue weighted by atomic mass is 35.5. The van der Waals surface area contributed by atoms with Crippen molar-refractivity contribution >= 4 is 54.5 Å². The van der Waals surface area contributed by atoms with E-state index in [1.165, 1.54) is 0 Å². The second kappa shape index (κ2) is 13.1. The first-order valence-corrected chi connectivity index (χ1v) is 7.96. The van der Waals surface area contributed by atoms with Crippen molar-refractivity contribution in [1.29, 1.82) is 0 Å². The van der Waals surface area contributed by atoms with Crippen molar-refractivity contribution in [2.45, 2.75) is 6.42 Å². The Hall–Kier alpha value is -2.19.